The van der Waals surface area contributed by atoms with Gasteiger partial charge >= 0.3 is 0 Å². The quantitative estimate of drug-likeness (QED) is 0.366. The number of aromatic nitrogens is 1. The summed E-state index contributed by atoms with van der Waals surface area (Å²) in [7, 11) is 0. The highest BCUT2D eigenvalue weighted by Gasteiger charge is 2.28. The molecule has 0 fully saturated rings. The Morgan fingerprint density at radius 3 is 2.27 bits per heavy atom. The van der Waals surface area contributed by atoms with Gasteiger partial charge in [0.1, 0.15) is 5.69 Å². The largest absolute Gasteiger partial charge is 0.393 e. The van der Waals surface area contributed by atoms with Crippen LogP contribution in [0.15, 0.2) is 48.7 Å². The molecule has 7 heteroatoms. The molecule has 1 aromatic heterocycles. The van der Waals surface area contributed by atoms with E-state index in [0.717, 1.165) is 10.3 Å². The van der Waals surface area contributed by atoms with Gasteiger partial charge in [-0.2, -0.15) is 0 Å². The summed E-state index contributed by atoms with van der Waals surface area (Å²) in [5.74, 6) is -0.363. The van der Waals surface area contributed by atoms with E-state index in [9.17, 15) is 10.0 Å². The van der Waals surface area contributed by atoms with Crippen molar-refractivity contribution in [3.05, 3.63) is 80.4 Å². The molecule has 0 unspecified atom stereocenters. The van der Waals surface area contributed by atoms with Crippen LogP contribution < -0.4 is 10.5 Å². The number of nitrogens with two attached hydrogens (primary N) is 1. The number of rotatable bonds is 3. The molecule has 2 aromatic carbocycles. The Hall–Kier alpha value is -2.27. The van der Waals surface area contributed by atoms with Gasteiger partial charge in [-0.3, -0.25) is 10.0 Å². The highest BCUT2D eigenvalue weighted by molar-refractivity contribution is 6.39. The summed E-state index contributed by atoms with van der Waals surface area (Å²) < 4.78 is 0.788. The minimum absolute atomic E-state index is 0.0478. The molecular formula is C19H14Cl3N2O2+. The molecule has 0 radical (unpaired) electrons. The summed E-state index contributed by atoms with van der Waals surface area (Å²) in [6.45, 7) is 1.88. The van der Waals surface area contributed by atoms with Crippen LogP contribution in [-0.2, 0) is 0 Å². The Morgan fingerprint density at radius 1 is 1.00 bits per heavy atom. The lowest BCUT2D eigenvalue weighted by molar-refractivity contribution is -0.895. The molecule has 4 nitrogen and oxygen atoms in total. The van der Waals surface area contributed by atoms with Crippen LogP contribution in [0.3, 0.4) is 0 Å². The minimum atomic E-state index is -0.363. The van der Waals surface area contributed by atoms with E-state index in [1.54, 1.807) is 36.4 Å². The molecule has 0 bridgehead atoms. The summed E-state index contributed by atoms with van der Waals surface area (Å²) in [6.07, 6.45) is 1.31. The lowest BCUT2D eigenvalue weighted by atomic mass is 9.98. The van der Waals surface area contributed by atoms with Crippen LogP contribution in [0.5, 0.6) is 0 Å². The van der Waals surface area contributed by atoms with Gasteiger partial charge < -0.3 is 5.73 Å². The Kier molecular flexibility index (Phi) is 5.10. The summed E-state index contributed by atoms with van der Waals surface area (Å²) in [5, 5.41) is 11.2. The van der Waals surface area contributed by atoms with Crippen molar-refractivity contribution in [1.29, 1.82) is 0 Å². The standard InChI is InChI=1S/C19H13Cl3N2O2/c1-10-5-6-11(15(22)9-10)19(25)12-7-8-24(26)18(17(12)23)16-13(20)3-2-4-14(16)21/h2-9H,1H3,(H2-,23,25,26)/p+1. The van der Waals surface area contributed by atoms with Crippen LogP contribution in [0.4, 0.5) is 5.69 Å². The molecule has 0 saturated heterocycles. The van der Waals surface area contributed by atoms with E-state index in [2.05, 4.69) is 0 Å². The zero-order valence-electron chi connectivity index (χ0n) is 13.6. The molecule has 0 saturated carbocycles. The number of hydrogen-bond donors (Lipinski definition) is 2. The second-order valence-electron chi connectivity index (χ2n) is 5.75. The normalized spacial score (nSPS) is 10.8. The summed E-state index contributed by atoms with van der Waals surface area (Å²) >= 11 is 18.7. The molecule has 0 aliphatic carbocycles. The van der Waals surface area contributed by atoms with E-state index in [-0.39, 0.29) is 22.7 Å². The third-order valence-electron chi connectivity index (χ3n) is 3.97. The van der Waals surface area contributed by atoms with Crippen molar-refractivity contribution in [3.63, 3.8) is 0 Å². The monoisotopic (exact) mass is 407 g/mol. The first-order valence-electron chi connectivity index (χ1n) is 7.60. The third kappa shape index (κ3) is 3.23. The van der Waals surface area contributed by atoms with Crippen molar-refractivity contribution in [3.8, 4) is 11.3 Å². The smallest absolute Gasteiger partial charge is 0.290 e. The van der Waals surface area contributed by atoms with Crippen LogP contribution >= 0.6 is 34.8 Å². The number of halogens is 3. The zero-order valence-corrected chi connectivity index (χ0v) is 15.9. The molecule has 3 rings (SSSR count). The van der Waals surface area contributed by atoms with Gasteiger partial charge in [0.25, 0.3) is 5.69 Å². The second kappa shape index (κ2) is 7.16. The van der Waals surface area contributed by atoms with Gasteiger partial charge in [-0.25, -0.2) is 0 Å². The van der Waals surface area contributed by atoms with Gasteiger partial charge in [-0.1, -0.05) is 46.9 Å². The van der Waals surface area contributed by atoms with E-state index in [0.29, 0.717) is 26.2 Å². The zero-order chi connectivity index (χ0) is 19.0. The molecule has 3 N–H and O–H groups in total. The van der Waals surface area contributed by atoms with Crippen molar-refractivity contribution in [2.75, 3.05) is 5.73 Å². The first-order valence-corrected chi connectivity index (χ1v) is 8.73. The highest BCUT2D eigenvalue weighted by Crippen LogP contribution is 2.37. The van der Waals surface area contributed by atoms with Crippen molar-refractivity contribution in [2.24, 2.45) is 0 Å². The van der Waals surface area contributed by atoms with Gasteiger partial charge in [-0.15, -0.1) is 0 Å². The lowest BCUT2D eigenvalue weighted by Crippen LogP contribution is -2.34. The number of nitrogen functional groups attached to an aromatic ring is 1. The average Bonchev–Trinajstić information content (AvgIpc) is 2.57. The summed E-state index contributed by atoms with van der Waals surface area (Å²) in [4.78, 5) is 12.9. The van der Waals surface area contributed by atoms with Crippen molar-refractivity contribution in [2.45, 2.75) is 6.92 Å². The van der Waals surface area contributed by atoms with E-state index < -0.39 is 0 Å². The SMILES string of the molecule is Cc1ccc(C(=O)c2cc[n+](O)c(-c3c(Cl)cccc3Cl)c2N)c(Cl)c1. The number of anilines is 1. The molecule has 0 aliphatic rings. The Labute approximate surface area is 165 Å². The molecule has 26 heavy (non-hydrogen) atoms. The highest BCUT2D eigenvalue weighted by atomic mass is 35.5. The number of hydrogen-bond acceptors (Lipinski definition) is 3. The van der Waals surface area contributed by atoms with Gasteiger partial charge in [0, 0.05) is 16.4 Å². The maximum absolute atomic E-state index is 12.9. The number of carbonyl (C=O) groups excluding carboxylic acids is 1. The number of aryl methyl sites for hydroxylation is 1. The topological polar surface area (TPSA) is 67.2 Å². The van der Waals surface area contributed by atoms with Crippen molar-refractivity contribution in [1.82, 2.24) is 0 Å². The molecule has 132 valence electrons. The van der Waals surface area contributed by atoms with Gasteiger partial charge in [0.2, 0.25) is 6.20 Å². The van der Waals surface area contributed by atoms with E-state index >= 15 is 0 Å². The molecule has 0 aliphatic heterocycles. The maximum atomic E-state index is 12.9. The Balaban J connectivity index is 2.21. The maximum Gasteiger partial charge on any atom is 0.290 e. The molecule has 3 aromatic rings. The fraction of sp³-hybridized carbons (Fsp3) is 0.0526. The molecule has 1 heterocycles. The molecule has 0 atom stereocenters. The van der Waals surface area contributed by atoms with E-state index in [4.69, 9.17) is 40.5 Å². The Morgan fingerprint density at radius 2 is 1.65 bits per heavy atom. The second-order valence-corrected chi connectivity index (χ2v) is 6.97. The van der Waals surface area contributed by atoms with Crippen LogP contribution in [0.2, 0.25) is 15.1 Å². The lowest BCUT2D eigenvalue weighted by Gasteiger charge is -2.10. The fourth-order valence-electron chi connectivity index (χ4n) is 2.68. The number of benzene rings is 2. The summed E-state index contributed by atoms with van der Waals surface area (Å²) in [5.41, 5.74) is 8.16. The van der Waals surface area contributed by atoms with Gasteiger partial charge in [0.05, 0.1) is 26.2 Å². The van der Waals surface area contributed by atoms with E-state index in [1.165, 1.54) is 12.3 Å². The molecular weight excluding hydrogens is 395 g/mol. The predicted octanol–water partition coefficient (Wildman–Crippen LogP) is 4.96. The van der Waals surface area contributed by atoms with E-state index in [1.807, 2.05) is 6.92 Å². The van der Waals surface area contributed by atoms with Crippen molar-refractivity contribution < 1.29 is 14.7 Å². The number of ketones is 1. The van der Waals surface area contributed by atoms with Crippen LogP contribution in [-0.4, -0.2) is 11.0 Å². The molecule has 0 amide bonds. The van der Waals surface area contributed by atoms with Crippen LogP contribution in [0.1, 0.15) is 21.5 Å². The fourth-order valence-corrected chi connectivity index (χ4v) is 3.58. The molecule has 0 spiro atoms. The van der Waals surface area contributed by atoms with Gasteiger partial charge in [-0.05, 0) is 36.8 Å². The number of carbonyl (C=O) groups is 1. The van der Waals surface area contributed by atoms with Gasteiger partial charge in [0.15, 0.2) is 5.78 Å². The Bertz CT molecular complexity index is 1020. The first-order chi connectivity index (χ1) is 12.3. The van der Waals surface area contributed by atoms with Crippen LogP contribution in [0.25, 0.3) is 11.3 Å². The average molecular weight is 409 g/mol. The van der Waals surface area contributed by atoms with Crippen LogP contribution in [0, 0.1) is 6.92 Å². The first kappa shape index (κ1) is 18.5. The summed E-state index contributed by atoms with van der Waals surface area (Å²) in [6, 6.07) is 11.5. The minimum Gasteiger partial charge on any atom is -0.393 e. The third-order valence-corrected chi connectivity index (χ3v) is 4.91. The number of nitrogens with zero attached hydrogens (tertiary/aromatic N) is 1. The van der Waals surface area contributed by atoms with Crippen molar-refractivity contribution >= 4 is 46.3 Å². The predicted molar refractivity (Wildman–Crippen MR) is 103 cm³/mol. The number of pyridine rings is 1.